The Balaban J connectivity index is 0.00000288. The molecule has 9 heteroatoms. The van der Waals surface area contributed by atoms with E-state index < -0.39 is 9.84 Å². The van der Waals surface area contributed by atoms with Gasteiger partial charge in [-0.05, 0) is 19.3 Å². The van der Waals surface area contributed by atoms with E-state index in [1.54, 1.807) is 0 Å². The van der Waals surface area contributed by atoms with Gasteiger partial charge in [-0.2, -0.15) is 0 Å². The van der Waals surface area contributed by atoms with Gasteiger partial charge in [-0.25, -0.2) is 8.42 Å². The summed E-state index contributed by atoms with van der Waals surface area (Å²) in [5.41, 5.74) is 0. The third-order valence-corrected chi connectivity index (χ3v) is 5.92. The van der Waals surface area contributed by atoms with E-state index in [0.717, 1.165) is 51.9 Å². The van der Waals surface area contributed by atoms with E-state index in [4.69, 9.17) is 4.74 Å². The molecule has 24 heavy (non-hydrogen) atoms. The van der Waals surface area contributed by atoms with Gasteiger partial charge in [-0.3, -0.25) is 9.89 Å². The van der Waals surface area contributed by atoms with Crippen LogP contribution in [0.15, 0.2) is 4.99 Å². The Hall–Kier alpha value is -0.130. The van der Waals surface area contributed by atoms with Crippen molar-refractivity contribution >= 4 is 39.8 Å². The second-order valence-electron chi connectivity index (χ2n) is 6.48. The third-order valence-electron chi connectivity index (χ3n) is 4.15. The standard InChI is InChI=1S/C15H30N4O3S.HI/c1-3-16-15(18-14-4-9-23(20,21)12-14)17-10-13(2)11-19-5-7-22-8-6-19;/h13-14H,3-12H2,1-2H3,(H2,16,17,18);1H. The fraction of sp³-hybridized carbons (Fsp3) is 0.933. The van der Waals surface area contributed by atoms with Crippen LogP contribution in [-0.4, -0.2) is 82.8 Å². The zero-order valence-corrected chi connectivity index (χ0v) is 17.8. The predicted octanol–water partition coefficient (Wildman–Crippen LogP) is 0.315. The van der Waals surface area contributed by atoms with Crippen molar-refractivity contribution < 1.29 is 13.2 Å². The number of aliphatic imine (C=N–C) groups is 1. The summed E-state index contributed by atoms with van der Waals surface area (Å²) in [6, 6.07) is -0.0210. The monoisotopic (exact) mass is 474 g/mol. The van der Waals surface area contributed by atoms with Crippen LogP contribution in [0.4, 0.5) is 0 Å². The van der Waals surface area contributed by atoms with Crippen molar-refractivity contribution in [2.24, 2.45) is 10.9 Å². The molecule has 0 radical (unpaired) electrons. The highest BCUT2D eigenvalue weighted by Crippen LogP contribution is 2.11. The molecule has 2 fully saturated rings. The minimum absolute atomic E-state index is 0. The van der Waals surface area contributed by atoms with Crippen LogP contribution in [-0.2, 0) is 14.6 Å². The molecule has 0 aromatic carbocycles. The highest BCUT2D eigenvalue weighted by Gasteiger charge is 2.28. The molecular formula is C15H31IN4O3S. The summed E-state index contributed by atoms with van der Waals surface area (Å²) in [5, 5.41) is 6.46. The van der Waals surface area contributed by atoms with Crippen LogP contribution >= 0.6 is 24.0 Å². The van der Waals surface area contributed by atoms with E-state index in [2.05, 4.69) is 27.4 Å². The van der Waals surface area contributed by atoms with Crippen LogP contribution in [0.2, 0.25) is 0 Å². The fourth-order valence-electron chi connectivity index (χ4n) is 2.95. The first-order valence-corrected chi connectivity index (χ1v) is 10.4. The minimum atomic E-state index is -2.87. The molecular weight excluding hydrogens is 443 g/mol. The molecule has 0 spiro atoms. The molecule has 2 N–H and O–H groups in total. The summed E-state index contributed by atoms with van der Waals surface area (Å²) in [4.78, 5) is 7.04. The number of nitrogens with one attached hydrogen (secondary N) is 2. The summed E-state index contributed by atoms with van der Waals surface area (Å²) in [7, 11) is -2.87. The van der Waals surface area contributed by atoms with E-state index in [1.807, 2.05) is 6.92 Å². The van der Waals surface area contributed by atoms with Gasteiger partial charge in [0.25, 0.3) is 0 Å². The van der Waals surface area contributed by atoms with E-state index in [9.17, 15) is 8.42 Å². The number of ether oxygens (including phenoxy) is 1. The molecule has 142 valence electrons. The first kappa shape index (κ1) is 21.9. The molecule has 2 heterocycles. The van der Waals surface area contributed by atoms with E-state index >= 15 is 0 Å². The number of sulfone groups is 1. The lowest BCUT2D eigenvalue weighted by atomic mass is 10.1. The molecule has 2 aliphatic rings. The van der Waals surface area contributed by atoms with Gasteiger partial charge < -0.3 is 15.4 Å². The Kier molecular flexibility index (Phi) is 9.83. The number of nitrogens with zero attached hydrogens (tertiary/aromatic N) is 2. The highest BCUT2D eigenvalue weighted by atomic mass is 127. The van der Waals surface area contributed by atoms with Gasteiger partial charge in [-0.15, -0.1) is 24.0 Å². The topological polar surface area (TPSA) is 83.0 Å². The normalized spacial score (nSPS) is 25.8. The molecule has 7 nitrogen and oxygen atoms in total. The third kappa shape index (κ3) is 7.83. The Morgan fingerprint density at radius 1 is 1.38 bits per heavy atom. The molecule has 0 saturated carbocycles. The van der Waals surface area contributed by atoms with Gasteiger partial charge in [0.05, 0.1) is 24.7 Å². The van der Waals surface area contributed by atoms with Crippen LogP contribution in [0.3, 0.4) is 0 Å². The second-order valence-corrected chi connectivity index (χ2v) is 8.71. The average Bonchev–Trinajstić information content (AvgIpc) is 2.85. The van der Waals surface area contributed by atoms with Crippen molar-refractivity contribution in [3.8, 4) is 0 Å². The molecule has 0 aromatic rings. The Morgan fingerprint density at radius 2 is 2.08 bits per heavy atom. The number of rotatable bonds is 6. The van der Waals surface area contributed by atoms with E-state index in [-0.39, 0.29) is 41.5 Å². The number of guanidine groups is 1. The van der Waals surface area contributed by atoms with Crippen molar-refractivity contribution in [2.45, 2.75) is 26.3 Å². The van der Waals surface area contributed by atoms with Gasteiger partial charge in [-0.1, -0.05) is 6.92 Å². The fourth-order valence-corrected chi connectivity index (χ4v) is 4.62. The molecule has 2 rings (SSSR count). The maximum Gasteiger partial charge on any atom is 0.191 e. The quantitative estimate of drug-likeness (QED) is 0.328. The SMILES string of the molecule is CCNC(=NCC(C)CN1CCOCC1)NC1CCS(=O)(=O)C1.I. The summed E-state index contributed by atoms with van der Waals surface area (Å²) in [6.07, 6.45) is 0.663. The van der Waals surface area contributed by atoms with Crippen LogP contribution in [0, 0.1) is 5.92 Å². The highest BCUT2D eigenvalue weighted by molar-refractivity contribution is 14.0. The molecule has 0 bridgehead atoms. The number of morpholine rings is 1. The van der Waals surface area contributed by atoms with Gasteiger partial charge in [0.1, 0.15) is 0 Å². The lowest BCUT2D eigenvalue weighted by Crippen LogP contribution is -2.44. The average molecular weight is 474 g/mol. The van der Waals surface area contributed by atoms with Crippen molar-refractivity contribution in [1.82, 2.24) is 15.5 Å². The Bertz CT molecular complexity index is 495. The summed E-state index contributed by atoms with van der Waals surface area (Å²) < 4.78 is 28.5. The zero-order valence-electron chi connectivity index (χ0n) is 14.7. The first-order chi connectivity index (χ1) is 11.0. The molecule has 2 saturated heterocycles. The number of hydrogen-bond acceptors (Lipinski definition) is 5. The van der Waals surface area contributed by atoms with Crippen molar-refractivity contribution in [3.63, 3.8) is 0 Å². The minimum Gasteiger partial charge on any atom is -0.379 e. The smallest absolute Gasteiger partial charge is 0.191 e. The zero-order chi connectivity index (χ0) is 16.7. The second kappa shape index (κ2) is 10.8. The van der Waals surface area contributed by atoms with Crippen molar-refractivity contribution in [2.75, 3.05) is 57.4 Å². The van der Waals surface area contributed by atoms with Crippen LogP contribution < -0.4 is 10.6 Å². The summed E-state index contributed by atoms with van der Waals surface area (Å²) >= 11 is 0. The van der Waals surface area contributed by atoms with Crippen LogP contribution in [0.1, 0.15) is 20.3 Å². The Morgan fingerprint density at radius 3 is 2.67 bits per heavy atom. The molecule has 2 unspecified atom stereocenters. The van der Waals surface area contributed by atoms with Gasteiger partial charge >= 0.3 is 0 Å². The maximum absolute atomic E-state index is 11.6. The molecule has 0 amide bonds. The van der Waals surface area contributed by atoms with Gasteiger partial charge in [0.15, 0.2) is 15.8 Å². The number of halogens is 1. The first-order valence-electron chi connectivity index (χ1n) is 8.54. The molecule has 0 aliphatic carbocycles. The van der Waals surface area contributed by atoms with Crippen LogP contribution in [0.5, 0.6) is 0 Å². The van der Waals surface area contributed by atoms with Crippen molar-refractivity contribution in [1.29, 1.82) is 0 Å². The maximum atomic E-state index is 11.6. The predicted molar refractivity (Wildman–Crippen MR) is 108 cm³/mol. The number of hydrogen-bond donors (Lipinski definition) is 2. The lowest BCUT2D eigenvalue weighted by molar-refractivity contribution is 0.0323. The largest absolute Gasteiger partial charge is 0.379 e. The van der Waals surface area contributed by atoms with Crippen LogP contribution in [0.25, 0.3) is 0 Å². The molecule has 2 aliphatic heterocycles. The summed E-state index contributed by atoms with van der Waals surface area (Å²) in [6.45, 7) is 10.3. The van der Waals surface area contributed by atoms with Gasteiger partial charge in [0, 0.05) is 38.8 Å². The molecule has 2 atom stereocenters. The van der Waals surface area contributed by atoms with Gasteiger partial charge in [0.2, 0.25) is 0 Å². The Labute approximate surface area is 162 Å². The van der Waals surface area contributed by atoms with E-state index in [1.165, 1.54) is 0 Å². The van der Waals surface area contributed by atoms with E-state index in [0.29, 0.717) is 12.3 Å². The lowest BCUT2D eigenvalue weighted by Gasteiger charge is -2.28. The summed E-state index contributed by atoms with van der Waals surface area (Å²) in [5.74, 6) is 1.66. The van der Waals surface area contributed by atoms with Crippen molar-refractivity contribution in [3.05, 3.63) is 0 Å². The molecule has 0 aromatic heterocycles.